The van der Waals surface area contributed by atoms with Gasteiger partial charge in [0.2, 0.25) is 0 Å². The molecule has 0 saturated carbocycles. The van der Waals surface area contributed by atoms with Crippen molar-refractivity contribution in [2.75, 3.05) is 27.3 Å². The smallest absolute Gasteiger partial charge is 0.283 e. The first-order valence-electron chi connectivity index (χ1n) is 3.64. The van der Waals surface area contributed by atoms with Crippen molar-refractivity contribution in [3.63, 3.8) is 0 Å². The number of alkyl halides is 2. The van der Waals surface area contributed by atoms with Crippen molar-refractivity contribution in [3.8, 4) is 0 Å². The van der Waals surface area contributed by atoms with Gasteiger partial charge in [0.1, 0.15) is 6.61 Å². The summed E-state index contributed by atoms with van der Waals surface area (Å²) in [7, 11) is 2.73. The zero-order valence-electron chi connectivity index (χ0n) is 7.58. The highest BCUT2D eigenvalue weighted by Gasteiger charge is 2.27. The van der Waals surface area contributed by atoms with Gasteiger partial charge in [-0.25, -0.2) is 8.78 Å². The number of hydrogen-bond acceptors (Lipinski definition) is 2. The van der Waals surface area contributed by atoms with E-state index in [-0.39, 0.29) is 6.54 Å². The van der Waals surface area contributed by atoms with Gasteiger partial charge in [0.25, 0.3) is 5.92 Å². The Hall–Kier alpha value is -0.220. The van der Waals surface area contributed by atoms with Crippen LogP contribution in [0, 0.1) is 0 Å². The summed E-state index contributed by atoms with van der Waals surface area (Å²) >= 11 is 0. The summed E-state index contributed by atoms with van der Waals surface area (Å²) in [4.78, 5) is 0. The molecule has 4 heteroatoms. The summed E-state index contributed by atoms with van der Waals surface area (Å²) in [5.41, 5.74) is 0. The van der Waals surface area contributed by atoms with E-state index in [0.717, 1.165) is 0 Å². The SMILES string of the molecule is CC.CNCC(F)(F)COC. The van der Waals surface area contributed by atoms with Gasteiger partial charge in [0.05, 0.1) is 6.54 Å². The van der Waals surface area contributed by atoms with Gasteiger partial charge in [-0.15, -0.1) is 0 Å². The lowest BCUT2D eigenvalue weighted by atomic mass is 10.3. The van der Waals surface area contributed by atoms with E-state index in [1.165, 1.54) is 14.2 Å². The minimum Gasteiger partial charge on any atom is -0.378 e. The zero-order chi connectivity index (χ0) is 9.33. The van der Waals surface area contributed by atoms with Crippen molar-refractivity contribution < 1.29 is 13.5 Å². The van der Waals surface area contributed by atoms with Crippen LogP contribution in [-0.2, 0) is 4.74 Å². The minimum atomic E-state index is -2.73. The van der Waals surface area contributed by atoms with Crippen LogP contribution in [0.5, 0.6) is 0 Å². The summed E-state index contributed by atoms with van der Waals surface area (Å²) in [6.45, 7) is 3.15. The minimum absolute atomic E-state index is 0.332. The quantitative estimate of drug-likeness (QED) is 0.688. The van der Waals surface area contributed by atoms with E-state index in [9.17, 15) is 8.78 Å². The number of ether oxygens (including phenoxy) is 1. The molecule has 0 aliphatic carbocycles. The molecule has 0 heterocycles. The number of rotatable bonds is 4. The summed E-state index contributed by atoms with van der Waals surface area (Å²) in [6.07, 6.45) is 0. The molecule has 70 valence electrons. The van der Waals surface area contributed by atoms with Crippen LogP contribution < -0.4 is 5.32 Å². The second-order valence-electron chi connectivity index (χ2n) is 1.82. The molecule has 0 radical (unpaired) electrons. The van der Waals surface area contributed by atoms with E-state index < -0.39 is 12.5 Å². The molecule has 0 aliphatic heterocycles. The molecule has 0 saturated heterocycles. The second-order valence-corrected chi connectivity index (χ2v) is 1.82. The molecule has 0 aromatic carbocycles. The van der Waals surface area contributed by atoms with Gasteiger partial charge in [0, 0.05) is 7.11 Å². The van der Waals surface area contributed by atoms with Crippen LogP contribution in [-0.4, -0.2) is 33.2 Å². The average Bonchev–Trinajstić information content (AvgIpc) is 1.91. The van der Waals surface area contributed by atoms with Crippen LogP contribution in [0.15, 0.2) is 0 Å². The highest BCUT2D eigenvalue weighted by atomic mass is 19.3. The third kappa shape index (κ3) is 9.78. The Morgan fingerprint density at radius 1 is 1.36 bits per heavy atom. The average molecular weight is 169 g/mol. The van der Waals surface area contributed by atoms with Gasteiger partial charge < -0.3 is 10.1 Å². The maximum atomic E-state index is 12.2. The Kier molecular flexibility index (Phi) is 9.58. The van der Waals surface area contributed by atoms with Gasteiger partial charge in [-0.1, -0.05) is 13.8 Å². The molecule has 0 aromatic heterocycles. The third-order valence-corrected chi connectivity index (χ3v) is 0.791. The molecular weight excluding hydrogens is 152 g/mol. The third-order valence-electron chi connectivity index (χ3n) is 0.791. The van der Waals surface area contributed by atoms with Gasteiger partial charge in [-0.05, 0) is 7.05 Å². The molecule has 0 bridgehead atoms. The Morgan fingerprint density at radius 3 is 2.09 bits per heavy atom. The molecule has 0 aliphatic rings. The van der Waals surface area contributed by atoms with Gasteiger partial charge in [-0.3, -0.25) is 0 Å². The Balaban J connectivity index is 0. The van der Waals surface area contributed by atoms with E-state index in [1.807, 2.05) is 13.8 Å². The standard InChI is InChI=1S/C5H11F2NO.C2H6/c1-8-3-5(6,7)4-9-2;1-2/h8H,3-4H2,1-2H3;1-2H3. The Bertz CT molecular complexity index is 70.8. The lowest BCUT2D eigenvalue weighted by Crippen LogP contribution is -2.34. The molecule has 0 aromatic rings. The number of hydrogen-bond donors (Lipinski definition) is 1. The highest BCUT2D eigenvalue weighted by molar-refractivity contribution is 4.66. The van der Waals surface area contributed by atoms with Crippen LogP contribution in [0.1, 0.15) is 13.8 Å². The number of halogens is 2. The van der Waals surface area contributed by atoms with Crippen LogP contribution in [0.4, 0.5) is 8.78 Å². The normalized spacial score (nSPS) is 10.4. The first kappa shape index (κ1) is 13.4. The summed E-state index contributed by atoms with van der Waals surface area (Å²) < 4.78 is 28.7. The molecule has 2 nitrogen and oxygen atoms in total. The van der Waals surface area contributed by atoms with Crippen LogP contribution in [0.25, 0.3) is 0 Å². The largest absolute Gasteiger partial charge is 0.378 e. The van der Waals surface area contributed by atoms with E-state index in [2.05, 4.69) is 10.1 Å². The molecule has 11 heavy (non-hydrogen) atoms. The lowest BCUT2D eigenvalue weighted by Gasteiger charge is -2.13. The van der Waals surface area contributed by atoms with Crippen LogP contribution in [0.2, 0.25) is 0 Å². The summed E-state index contributed by atoms with van der Waals surface area (Å²) in [5.74, 6) is -2.73. The van der Waals surface area contributed by atoms with E-state index >= 15 is 0 Å². The van der Waals surface area contributed by atoms with Crippen molar-refractivity contribution in [3.05, 3.63) is 0 Å². The molecule has 0 atom stereocenters. The fourth-order valence-corrected chi connectivity index (χ4v) is 0.521. The van der Waals surface area contributed by atoms with E-state index in [0.29, 0.717) is 0 Å². The predicted octanol–water partition coefficient (Wildman–Crippen LogP) is 1.51. The Labute approximate surface area is 66.9 Å². The first-order chi connectivity index (χ1) is 5.12. The fourth-order valence-electron chi connectivity index (χ4n) is 0.521. The van der Waals surface area contributed by atoms with E-state index in [1.54, 1.807) is 0 Å². The maximum Gasteiger partial charge on any atom is 0.283 e. The van der Waals surface area contributed by atoms with Crippen molar-refractivity contribution in [1.29, 1.82) is 0 Å². The van der Waals surface area contributed by atoms with Crippen LogP contribution in [0.3, 0.4) is 0 Å². The van der Waals surface area contributed by atoms with Gasteiger partial charge >= 0.3 is 0 Å². The first-order valence-corrected chi connectivity index (χ1v) is 3.64. The van der Waals surface area contributed by atoms with Gasteiger partial charge in [0.15, 0.2) is 0 Å². The molecule has 0 spiro atoms. The predicted molar refractivity (Wildman–Crippen MR) is 42.1 cm³/mol. The van der Waals surface area contributed by atoms with E-state index in [4.69, 9.17) is 0 Å². The Morgan fingerprint density at radius 2 is 1.82 bits per heavy atom. The molecular formula is C7H17F2NO. The van der Waals surface area contributed by atoms with Crippen molar-refractivity contribution in [2.45, 2.75) is 19.8 Å². The molecule has 0 unspecified atom stereocenters. The zero-order valence-corrected chi connectivity index (χ0v) is 7.58. The van der Waals surface area contributed by atoms with Crippen molar-refractivity contribution in [2.24, 2.45) is 0 Å². The molecule has 0 amide bonds. The monoisotopic (exact) mass is 169 g/mol. The topological polar surface area (TPSA) is 21.3 Å². The summed E-state index contributed by atoms with van der Waals surface area (Å²) in [6, 6.07) is 0. The fraction of sp³-hybridized carbons (Fsp3) is 1.00. The van der Waals surface area contributed by atoms with Crippen LogP contribution >= 0.6 is 0 Å². The van der Waals surface area contributed by atoms with Crippen molar-refractivity contribution >= 4 is 0 Å². The molecule has 1 N–H and O–H groups in total. The summed E-state index contributed by atoms with van der Waals surface area (Å²) in [5, 5.41) is 2.36. The maximum absolute atomic E-state index is 12.2. The molecule has 0 rings (SSSR count). The molecule has 0 fully saturated rings. The number of methoxy groups -OCH3 is 1. The lowest BCUT2D eigenvalue weighted by molar-refractivity contribution is -0.0605. The van der Waals surface area contributed by atoms with Gasteiger partial charge in [-0.2, -0.15) is 0 Å². The number of nitrogens with one attached hydrogen (secondary N) is 1. The second kappa shape index (κ2) is 7.88. The highest BCUT2D eigenvalue weighted by Crippen LogP contribution is 2.10. The van der Waals surface area contributed by atoms with Crippen molar-refractivity contribution in [1.82, 2.24) is 5.32 Å².